The summed E-state index contributed by atoms with van der Waals surface area (Å²) in [5, 5.41) is 10.6. The standard InChI is InChI=1S/C83H132O17P2/c1-5-9-13-17-21-25-29-33-36-38-41-44-47-51-55-59-63-67-80(85)93-73-78(99-82(87)69-65-61-57-53-49-43-32-28-24-20-16-12-8-4)75-97-101(89,90)95-71-77(84)72-96-102(91,92)98-76-79(100-83(88)70-66-62-58-54-50-46-40-35-31-27-23-19-15-11-7-3)74-94-81(86)68-64-60-56-52-48-45-42-39-37-34-30-26-22-18-14-10-6-2/h9-11,13-15,21-23,25-28,32-37,40-42,44-45,50-51,54-55,62,66,77-79,84H,5-8,12,16-20,24,29-31,38-39,43,46-49,52-53,56-61,63-65,67-76H2,1-4H3,(H,89,90)(H,91,92)/b13-9-,14-10-,15-11-,25-21-,26-22-,27-23-,32-28-,36-33-,37-34-,40-35-,44-41-,45-42-,54-50-,55-51-,66-62-. The average molecular weight is 1460 g/mol. The van der Waals surface area contributed by atoms with Crippen LogP contribution < -0.4 is 0 Å². The number of unbranched alkanes of at least 4 members (excludes halogenated alkanes) is 14. The molecule has 102 heavy (non-hydrogen) atoms. The van der Waals surface area contributed by atoms with Crippen molar-refractivity contribution in [2.75, 3.05) is 39.6 Å². The Morgan fingerprint density at radius 3 is 0.922 bits per heavy atom. The van der Waals surface area contributed by atoms with E-state index in [0.29, 0.717) is 32.1 Å². The molecule has 0 saturated carbocycles. The highest BCUT2D eigenvalue weighted by molar-refractivity contribution is 7.47. The van der Waals surface area contributed by atoms with Gasteiger partial charge in [-0.05, 0) is 154 Å². The number of rotatable bonds is 69. The Kier molecular flexibility index (Phi) is 69.3. The summed E-state index contributed by atoms with van der Waals surface area (Å²) in [6, 6.07) is 0. The Bertz CT molecular complexity index is 2650. The van der Waals surface area contributed by atoms with Crippen LogP contribution in [0.15, 0.2) is 182 Å². The Morgan fingerprint density at radius 1 is 0.294 bits per heavy atom. The molecule has 0 saturated heterocycles. The molecule has 0 aromatic rings. The minimum atomic E-state index is -5.02. The van der Waals surface area contributed by atoms with E-state index in [1.165, 1.54) is 25.7 Å². The van der Waals surface area contributed by atoms with Gasteiger partial charge in [0.1, 0.15) is 19.3 Å². The van der Waals surface area contributed by atoms with Crippen LogP contribution in [0.4, 0.5) is 0 Å². The molecule has 0 rings (SSSR count). The molecule has 0 aliphatic heterocycles. The van der Waals surface area contributed by atoms with E-state index in [0.717, 1.165) is 148 Å². The van der Waals surface area contributed by atoms with Crippen LogP contribution in [-0.2, 0) is 65.4 Å². The predicted octanol–water partition coefficient (Wildman–Crippen LogP) is 22.0. The maximum atomic E-state index is 13.1. The summed E-state index contributed by atoms with van der Waals surface area (Å²) in [5.74, 6) is -2.45. The summed E-state index contributed by atoms with van der Waals surface area (Å²) >= 11 is 0. The Morgan fingerprint density at radius 2 is 0.559 bits per heavy atom. The first-order valence-corrected chi connectivity index (χ1v) is 41.0. The van der Waals surface area contributed by atoms with Crippen LogP contribution in [0.2, 0.25) is 0 Å². The van der Waals surface area contributed by atoms with Gasteiger partial charge in [-0.1, -0.05) is 261 Å². The molecule has 0 aromatic heterocycles. The number of esters is 4. The number of aliphatic hydroxyl groups excluding tert-OH is 1. The van der Waals surface area contributed by atoms with Crippen molar-refractivity contribution in [1.29, 1.82) is 0 Å². The molecule has 3 N–H and O–H groups in total. The van der Waals surface area contributed by atoms with Gasteiger partial charge in [0.25, 0.3) is 0 Å². The zero-order chi connectivity index (χ0) is 74.6. The topological polar surface area (TPSA) is 237 Å². The molecule has 0 aliphatic rings. The van der Waals surface area contributed by atoms with Crippen LogP contribution >= 0.6 is 15.6 Å². The van der Waals surface area contributed by atoms with Gasteiger partial charge in [0, 0.05) is 19.3 Å². The van der Waals surface area contributed by atoms with E-state index < -0.39 is 97.5 Å². The summed E-state index contributed by atoms with van der Waals surface area (Å²) in [4.78, 5) is 72.8. The van der Waals surface area contributed by atoms with Crippen molar-refractivity contribution < 1.29 is 80.2 Å². The fourth-order valence-corrected chi connectivity index (χ4v) is 10.8. The second-order valence-corrected chi connectivity index (χ2v) is 27.4. The predicted molar refractivity (Wildman–Crippen MR) is 417 cm³/mol. The second-order valence-electron chi connectivity index (χ2n) is 24.5. The number of carbonyl (C=O) groups excluding carboxylic acids is 4. The van der Waals surface area contributed by atoms with E-state index >= 15 is 0 Å². The third-order valence-electron chi connectivity index (χ3n) is 14.9. The van der Waals surface area contributed by atoms with Crippen molar-refractivity contribution in [3.63, 3.8) is 0 Å². The Labute approximate surface area is 615 Å². The number of ether oxygens (including phenoxy) is 4. The highest BCUT2D eigenvalue weighted by Crippen LogP contribution is 2.45. The summed E-state index contributed by atoms with van der Waals surface area (Å²) in [5.41, 5.74) is 0. The molecule has 0 amide bonds. The number of allylic oxidation sites excluding steroid dienone is 29. The van der Waals surface area contributed by atoms with Gasteiger partial charge in [-0.2, -0.15) is 0 Å². The SMILES string of the molecule is CC/C=C\C/C=C\C/C=C\C/C=C\C/C=C\CCCC(=O)OCC(COP(=O)(O)OCC(O)COP(=O)(O)OCC(COC(=O)CCCCCC/C=C\C/C=C\C/C=C\C/C=C\CC)OC(=O)C/C=C\C/C=C\C/C=C\C/C=C\C/C=C\CC)OC(=O)CCCCCCC/C=C\CCCCCC. The summed E-state index contributed by atoms with van der Waals surface area (Å²) in [6.07, 6.45) is 87.8. The van der Waals surface area contributed by atoms with Crippen molar-refractivity contribution in [1.82, 2.24) is 0 Å². The number of phosphoric ester groups is 2. The lowest BCUT2D eigenvalue weighted by molar-refractivity contribution is -0.161. The number of hydrogen-bond acceptors (Lipinski definition) is 15. The number of phosphoric acid groups is 2. The lowest BCUT2D eigenvalue weighted by Gasteiger charge is -2.21. The molecule has 0 spiro atoms. The van der Waals surface area contributed by atoms with E-state index in [4.69, 9.17) is 37.0 Å². The zero-order valence-corrected chi connectivity index (χ0v) is 64.5. The second kappa shape index (κ2) is 73.5. The highest BCUT2D eigenvalue weighted by Gasteiger charge is 2.30. The van der Waals surface area contributed by atoms with Gasteiger partial charge in [-0.3, -0.25) is 37.3 Å². The first-order chi connectivity index (χ1) is 49.7. The lowest BCUT2D eigenvalue weighted by atomic mass is 10.1. The lowest BCUT2D eigenvalue weighted by Crippen LogP contribution is -2.30. The largest absolute Gasteiger partial charge is 0.472 e. The first kappa shape index (κ1) is 96.2. The minimum absolute atomic E-state index is 0.0631. The molecule has 17 nitrogen and oxygen atoms in total. The Balaban J connectivity index is 5.51. The molecule has 0 heterocycles. The zero-order valence-electron chi connectivity index (χ0n) is 62.7. The number of hydrogen-bond donors (Lipinski definition) is 3. The normalized spacial score (nSPS) is 14.9. The molecule has 576 valence electrons. The molecule has 0 aromatic carbocycles. The summed E-state index contributed by atoms with van der Waals surface area (Å²) in [7, 11) is -10.0. The van der Waals surface area contributed by atoms with Crippen LogP contribution in [-0.4, -0.2) is 96.7 Å². The maximum absolute atomic E-state index is 13.1. The van der Waals surface area contributed by atoms with E-state index in [1.54, 1.807) is 12.2 Å². The summed E-state index contributed by atoms with van der Waals surface area (Å²) in [6.45, 7) is 4.26. The number of aliphatic hydroxyl groups is 1. The highest BCUT2D eigenvalue weighted by atomic mass is 31.2. The van der Waals surface area contributed by atoms with E-state index in [-0.39, 0.29) is 25.7 Å². The fourth-order valence-electron chi connectivity index (χ4n) is 9.20. The van der Waals surface area contributed by atoms with Gasteiger partial charge in [0.15, 0.2) is 12.2 Å². The minimum Gasteiger partial charge on any atom is -0.462 e. The van der Waals surface area contributed by atoms with Gasteiger partial charge in [0.2, 0.25) is 0 Å². The van der Waals surface area contributed by atoms with Crippen LogP contribution in [0.1, 0.15) is 259 Å². The van der Waals surface area contributed by atoms with Crippen molar-refractivity contribution in [3.8, 4) is 0 Å². The molecule has 0 fully saturated rings. The average Bonchev–Trinajstić information content (AvgIpc) is 0.908. The first-order valence-electron chi connectivity index (χ1n) is 38.0. The molecule has 0 bridgehead atoms. The molecule has 0 aliphatic carbocycles. The number of carbonyl (C=O) groups is 4. The monoisotopic (exact) mass is 1460 g/mol. The summed E-state index contributed by atoms with van der Waals surface area (Å²) < 4.78 is 68.2. The van der Waals surface area contributed by atoms with Crippen LogP contribution in [0.3, 0.4) is 0 Å². The van der Waals surface area contributed by atoms with Gasteiger partial charge in [-0.25, -0.2) is 9.13 Å². The smallest absolute Gasteiger partial charge is 0.462 e. The van der Waals surface area contributed by atoms with Crippen LogP contribution in [0.25, 0.3) is 0 Å². The van der Waals surface area contributed by atoms with Crippen molar-refractivity contribution in [2.45, 2.75) is 277 Å². The molecule has 19 heteroatoms. The van der Waals surface area contributed by atoms with Crippen molar-refractivity contribution in [2.24, 2.45) is 0 Å². The van der Waals surface area contributed by atoms with E-state index in [9.17, 15) is 43.2 Å². The third kappa shape index (κ3) is 72.5. The van der Waals surface area contributed by atoms with Gasteiger partial charge < -0.3 is 33.8 Å². The molecule has 5 unspecified atom stereocenters. The van der Waals surface area contributed by atoms with Gasteiger partial charge in [-0.15, -0.1) is 0 Å². The quantitative estimate of drug-likeness (QED) is 0.0169. The van der Waals surface area contributed by atoms with Gasteiger partial charge >= 0.3 is 39.5 Å². The van der Waals surface area contributed by atoms with E-state index in [2.05, 4.69) is 174 Å². The van der Waals surface area contributed by atoms with E-state index in [1.807, 2.05) is 24.3 Å². The van der Waals surface area contributed by atoms with Crippen LogP contribution in [0.5, 0.6) is 0 Å². The maximum Gasteiger partial charge on any atom is 0.472 e. The van der Waals surface area contributed by atoms with Crippen molar-refractivity contribution >= 4 is 39.5 Å². The van der Waals surface area contributed by atoms with Gasteiger partial charge in [0.05, 0.1) is 32.8 Å². The van der Waals surface area contributed by atoms with Crippen LogP contribution in [0, 0.1) is 0 Å². The fraction of sp³-hybridized carbons (Fsp3) is 0.590. The Hall–Kier alpha value is -5.84. The molecule has 5 atom stereocenters. The van der Waals surface area contributed by atoms with Crippen molar-refractivity contribution in [3.05, 3.63) is 182 Å². The third-order valence-corrected chi connectivity index (χ3v) is 16.8. The molecular formula is C83H132O17P2. The molecule has 0 radical (unpaired) electrons. The molecular weight excluding hydrogens is 1330 g/mol.